The van der Waals surface area contributed by atoms with E-state index >= 15 is 0 Å². The predicted octanol–water partition coefficient (Wildman–Crippen LogP) is 5.66. The number of nitrogens with zero attached hydrogens (tertiary/aromatic N) is 1. The summed E-state index contributed by atoms with van der Waals surface area (Å²) in [7, 11) is 1.86. The first-order valence-corrected chi connectivity index (χ1v) is 12.5. The molecule has 0 radical (unpaired) electrons. The average Bonchev–Trinajstić information content (AvgIpc) is 3.37. The number of carbonyl (C=O) groups excluding carboxylic acids is 2. The first-order valence-electron chi connectivity index (χ1n) is 11.7. The number of halogens is 1. The molecule has 4 rings (SSSR count). The Balaban J connectivity index is 1.43. The topological polar surface area (TPSA) is 67.9 Å². The Morgan fingerprint density at radius 3 is 2.61 bits per heavy atom. The van der Waals surface area contributed by atoms with Gasteiger partial charge in [0.05, 0.1) is 21.8 Å². The van der Waals surface area contributed by atoms with Crippen molar-refractivity contribution in [3.05, 3.63) is 58.1 Å². The first kappa shape index (κ1) is 23.8. The van der Waals surface area contributed by atoms with Crippen LogP contribution in [0.1, 0.15) is 65.7 Å². The third-order valence-electron chi connectivity index (χ3n) is 6.49. The number of hydrogen-bond acceptors (Lipinski definition) is 4. The van der Waals surface area contributed by atoms with Gasteiger partial charge in [0.25, 0.3) is 11.8 Å². The van der Waals surface area contributed by atoms with Gasteiger partial charge in [-0.2, -0.15) is 0 Å². The van der Waals surface area contributed by atoms with Gasteiger partial charge in [-0.05, 0) is 71.9 Å². The van der Waals surface area contributed by atoms with Gasteiger partial charge in [-0.25, -0.2) is 0 Å². The zero-order valence-corrected chi connectivity index (χ0v) is 20.6. The minimum absolute atomic E-state index is 0.0585. The van der Waals surface area contributed by atoms with Gasteiger partial charge in [-0.15, -0.1) is 0 Å². The molecule has 1 heterocycles. The quantitative estimate of drug-likeness (QED) is 0.517. The van der Waals surface area contributed by atoms with E-state index in [0.29, 0.717) is 33.6 Å². The van der Waals surface area contributed by atoms with Gasteiger partial charge in [-0.1, -0.05) is 31.4 Å². The Labute approximate surface area is 203 Å². The van der Waals surface area contributed by atoms with Crippen molar-refractivity contribution in [2.45, 2.75) is 57.1 Å². The van der Waals surface area contributed by atoms with Crippen molar-refractivity contribution in [2.24, 2.45) is 0 Å². The number of benzene rings is 2. The molecule has 6 nitrogen and oxygen atoms in total. The highest BCUT2D eigenvalue weighted by atomic mass is 79.9. The molecule has 1 N–H and O–H groups in total. The molecule has 2 aliphatic rings. The molecular formula is C26H31BrN2O4. The molecule has 7 heteroatoms. The third-order valence-corrected chi connectivity index (χ3v) is 7.11. The Morgan fingerprint density at radius 1 is 1.09 bits per heavy atom. The van der Waals surface area contributed by atoms with Crippen LogP contribution in [0.3, 0.4) is 0 Å². The summed E-state index contributed by atoms with van der Waals surface area (Å²) in [6.07, 6.45) is 7.81. The van der Waals surface area contributed by atoms with Gasteiger partial charge >= 0.3 is 0 Å². The summed E-state index contributed by atoms with van der Waals surface area (Å²) in [5.41, 5.74) is 1.51. The van der Waals surface area contributed by atoms with E-state index in [4.69, 9.17) is 9.47 Å². The lowest BCUT2D eigenvalue weighted by Crippen LogP contribution is -2.38. The van der Waals surface area contributed by atoms with Crippen LogP contribution in [-0.2, 0) is 4.74 Å². The fourth-order valence-corrected chi connectivity index (χ4v) is 5.01. The predicted molar refractivity (Wildman–Crippen MR) is 132 cm³/mol. The van der Waals surface area contributed by atoms with E-state index in [2.05, 4.69) is 21.2 Å². The van der Waals surface area contributed by atoms with E-state index in [9.17, 15) is 9.59 Å². The summed E-state index contributed by atoms with van der Waals surface area (Å²) < 4.78 is 12.2. The summed E-state index contributed by atoms with van der Waals surface area (Å²) in [5, 5.41) is 2.92. The zero-order valence-electron chi connectivity index (χ0n) is 19.0. The Hall–Kier alpha value is -2.38. The van der Waals surface area contributed by atoms with Crippen LogP contribution in [-0.4, -0.2) is 49.1 Å². The van der Waals surface area contributed by atoms with Gasteiger partial charge in [0, 0.05) is 25.3 Å². The largest absolute Gasteiger partial charge is 0.490 e. The van der Waals surface area contributed by atoms with E-state index in [1.165, 1.54) is 6.42 Å². The lowest BCUT2D eigenvalue weighted by molar-refractivity contribution is 0.0676. The molecule has 0 spiro atoms. The highest BCUT2D eigenvalue weighted by molar-refractivity contribution is 9.10. The molecule has 1 aliphatic heterocycles. The minimum atomic E-state index is -0.276. The van der Waals surface area contributed by atoms with Crippen molar-refractivity contribution in [2.75, 3.05) is 25.6 Å². The molecule has 1 atom stereocenters. The Bertz CT molecular complexity index is 984. The number of amides is 2. The minimum Gasteiger partial charge on any atom is -0.490 e. The molecule has 33 heavy (non-hydrogen) atoms. The van der Waals surface area contributed by atoms with E-state index in [0.717, 1.165) is 45.1 Å². The van der Waals surface area contributed by atoms with Crippen LogP contribution in [0.2, 0.25) is 0 Å². The van der Waals surface area contributed by atoms with Gasteiger partial charge in [0.15, 0.2) is 0 Å². The zero-order chi connectivity index (χ0) is 23.2. The van der Waals surface area contributed by atoms with Crippen LogP contribution in [0.5, 0.6) is 5.75 Å². The molecule has 0 aromatic heterocycles. The van der Waals surface area contributed by atoms with Gasteiger partial charge in [-0.3, -0.25) is 9.59 Å². The maximum Gasteiger partial charge on any atom is 0.255 e. The van der Waals surface area contributed by atoms with Crippen molar-refractivity contribution >= 4 is 33.4 Å². The fourth-order valence-electron chi connectivity index (χ4n) is 4.51. The fraction of sp³-hybridized carbons (Fsp3) is 0.462. The van der Waals surface area contributed by atoms with Crippen molar-refractivity contribution in [3.8, 4) is 5.75 Å². The van der Waals surface area contributed by atoms with Crippen molar-refractivity contribution in [3.63, 3.8) is 0 Å². The maximum atomic E-state index is 13.2. The second kappa shape index (κ2) is 11.2. The second-order valence-corrected chi connectivity index (χ2v) is 9.65. The molecule has 176 valence electrons. The first-order chi connectivity index (χ1) is 16.0. The SMILES string of the molecule is CN(C(=O)c1ccccc1NC(=O)c1ccc(OCC2CCCO2)c(Br)c1)C1CCCCC1. The third kappa shape index (κ3) is 5.95. The summed E-state index contributed by atoms with van der Waals surface area (Å²) in [6.45, 7) is 1.28. The number of anilines is 1. The van der Waals surface area contributed by atoms with Gasteiger partial charge in [0.1, 0.15) is 12.4 Å². The van der Waals surface area contributed by atoms with Crippen LogP contribution >= 0.6 is 15.9 Å². The monoisotopic (exact) mass is 514 g/mol. The van der Waals surface area contributed by atoms with Crippen molar-refractivity contribution < 1.29 is 19.1 Å². The molecule has 1 saturated heterocycles. The molecule has 2 aromatic carbocycles. The van der Waals surface area contributed by atoms with E-state index in [1.807, 2.05) is 24.1 Å². The Morgan fingerprint density at radius 2 is 1.88 bits per heavy atom. The summed E-state index contributed by atoms with van der Waals surface area (Å²) >= 11 is 3.50. The molecule has 2 aromatic rings. The van der Waals surface area contributed by atoms with Crippen molar-refractivity contribution in [1.29, 1.82) is 0 Å². The van der Waals surface area contributed by atoms with Gasteiger partial charge < -0.3 is 19.7 Å². The molecular weight excluding hydrogens is 484 g/mol. The molecule has 2 amide bonds. The Kier molecular flexibility index (Phi) is 8.04. The van der Waals surface area contributed by atoms with E-state index in [1.54, 1.807) is 30.3 Å². The molecule has 1 saturated carbocycles. The smallest absolute Gasteiger partial charge is 0.255 e. The maximum absolute atomic E-state index is 13.2. The standard InChI is InChI=1S/C26H31BrN2O4/c1-29(19-8-3-2-4-9-19)26(31)21-11-5-6-12-23(21)28-25(30)18-13-14-24(22(27)16-18)33-17-20-10-7-15-32-20/h5-6,11-14,16,19-20H,2-4,7-10,15,17H2,1H3,(H,28,30). The van der Waals surface area contributed by atoms with E-state index in [-0.39, 0.29) is 24.0 Å². The average molecular weight is 515 g/mol. The van der Waals surface area contributed by atoms with Crippen molar-refractivity contribution in [1.82, 2.24) is 4.90 Å². The van der Waals surface area contributed by atoms with Crippen LogP contribution in [0.15, 0.2) is 46.9 Å². The number of nitrogens with one attached hydrogen (secondary N) is 1. The summed E-state index contributed by atoms with van der Waals surface area (Å²) in [5.74, 6) is 0.338. The number of carbonyl (C=O) groups is 2. The lowest BCUT2D eigenvalue weighted by atomic mass is 9.94. The highest BCUT2D eigenvalue weighted by Gasteiger charge is 2.25. The summed E-state index contributed by atoms with van der Waals surface area (Å²) in [4.78, 5) is 28.0. The van der Waals surface area contributed by atoms with Crippen LogP contribution in [0.25, 0.3) is 0 Å². The molecule has 0 bridgehead atoms. The molecule has 2 fully saturated rings. The van der Waals surface area contributed by atoms with Crippen LogP contribution in [0, 0.1) is 0 Å². The van der Waals surface area contributed by atoms with Crippen LogP contribution in [0.4, 0.5) is 5.69 Å². The number of ether oxygens (including phenoxy) is 2. The molecule has 1 unspecified atom stereocenters. The molecule has 1 aliphatic carbocycles. The highest BCUT2D eigenvalue weighted by Crippen LogP contribution is 2.28. The number of para-hydroxylation sites is 1. The lowest BCUT2D eigenvalue weighted by Gasteiger charge is -2.31. The van der Waals surface area contributed by atoms with Gasteiger partial charge in [0.2, 0.25) is 0 Å². The normalized spacial score (nSPS) is 18.7. The summed E-state index contributed by atoms with van der Waals surface area (Å²) in [6, 6.07) is 12.7. The van der Waals surface area contributed by atoms with E-state index < -0.39 is 0 Å². The second-order valence-electron chi connectivity index (χ2n) is 8.80. The van der Waals surface area contributed by atoms with Crippen LogP contribution < -0.4 is 10.1 Å². The number of rotatable bonds is 7. The number of hydrogen-bond donors (Lipinski definition) is 1.